The predicted molar refractivity (Wildman–Crippen MR) is 59.6 cm³/mol. The molecule has 0 aliphatic carbocycles. The lowest BCUT2D eigenvalue weighted by Gasteiger charge is -2.03. The summed E-state index contributed by atoms with van der Waals surface area (Å²) in [6.45, 7) is 5.71. The largest absolute Gasteiger partial charge is 0.207 e. The molecule has 0 aliphatic heterocycles. The van der Waals surface area contributed by atoms with Gasteiger partial charge in [0.2, 0.25) is 0 Å². The van der Waals surface area contributed by atoms with Crippen molar-refractivity contribution in [2.24, 2.45) is 5.92 Å². The van der Waals surface area contributed by atoms with Crippen molar-refractivity contribution in [3.63, 3.8) is 0 Å². The Labute approximate surface area is 89.9 Å². The van der Waals surface area contributed by atoms with Crippen molar-refractivity contribution in [2.45, 2.75) is 20.8 Å². The molecule has 0 N–H and O–H groups in total. The summed E-state index contributed by atoms with van der Waals surface area (Å²) in [5.41, 5.74) is 1.95. The Morgan fingerprint density at radius 3 is 2.60 bits per heavy atom. The molecule has 78 valence electrons. The smallest absolute Gasteiger partial charge is 0.126 e. The Bertz CT molecular complexity index is 425. The van der Waals surface area contributed by atoms with Crippen LogP contribution in [0, 0.1) is 30.0 Å². The zero-order chi connectivity index (χ0) is 11.4. The molecule has 15 heavy (non-hydrogen) atoms. The molecule has 0 fully saturated rings. The Morgan fingerprint density at radius 1 is 1.47 bits per heavy atom. The highest BCUT2D eigenvalue weighted by Crippen LogP contribution is 2.18. The van der Waals surface area contributed by atoms with Crippen LogP contribution in [-0.2, 0) is 0 Å². The Hall–Kier alpha value is -1.62. The van der Waals surface area contributed by atoms with Crippen molar-refractivity contribution in [2.75, 3.05) is 0 Å². The third kappa shape index (κ3) is 2.92. The molecule has 0 saturated heterocycles. The zero-order valence-corrected chi connectivity index (χ0v) is 9.21. The molecule has 0 heterocycles. The number of nitrogens with zero attached hydrogens (tertiary/aromatic N) is 1. The average molecular weight is 203 g/mol. The molecule has 0 aliphatic rings. The van der Waals surface area contributed by atoms with Crippen LogP contribution in [0.2, 0.25) is 0 Å². The monoisotopic (exact) mass is 203 g/mol. The Kier molecular flexibility index (Phi) is 3.62. The minimum atomic E-state index is -0.236. The fourth-order valence-corrected chi connectivity index (χ4v) is 1.34. The molecule has 0 bridgehead atoms. The highest BCUT2D eigenvalue weighted by molar-refractivity contribution is 5.77. The fraction of sp³-hybridized carbons (Fsp3) is 0.308. The van der Waals surface area contributed by atoms with E-state index in [0.717, 1.165) is 5.56 Å². The lowest BCUT2D eigenvalue weighted by atomic mass is 10.0. The van der Waals surface area contributed by atoms with Crippen molar-refractivity contribution in [3.8, 4) is 6.07 Å². The zero-order valence-electron chi connectivity index (χ0n) is 9.21. The molecular weight excluding hydrogens is 189 g/mol. The number of nitriles is 1. The summed E-state index contributed by atoms with van der Waals surface area (Å²) < 4.78 is 13.0. The first kappa shape index (κ1) is 11.5. The lowest BCUT2D eigenvalue weighted by Crippen LogP contribution is -1.89. The van der Waals surface area contributed by atoms with Gasteiger partial charge in [0.05, 0.1) is 11.6 Å². The summed E-state index contributed by atoms with van der Waals surface area (Å²) in [6.07, 6.45) is 1.88. The molecule has 0 atom stereocenters. The summed E-state index contributed by atoms with van der Waals surface area (Å²) >= 11 is 0. The van der Waals surface area contributed by atoms with Crippen LogP contribution in [0.15, 0.2) is 24.3 Å². The van der Waals surface area contributed by atoms with Crippen LogP contribution in [0.1, 0.15) is 25.0 Å². The maximum Gasteiger partial charge on any atom is 0.126 e. The number of rotatable bonds is 2. The SMILES string of the molecule is Cc1cc(/C(C#N)=C/C(C)C)ccc1F. The summed E-state index contributed by atoms with van der Waals surface area (Å²) in [5.74, 6) is 0.0746. The van der Waals surface area contributed by atoms with E-state index in [0.29, 0.717) is 17.1 Å². The first-order valence-corrected chi connectivity index (χ1v) is 4.93. The van der Waals surface area contributed by atoms with Crippen LogP contribution < -0.4 is 0 Å². The third-order valence-corrected chi connectivity index (χ3v) is 2.09. The van der Waals surface area contributed by atoms with E-state index in [1.165, 1.54) is 6.07 Å². The van der Waals surface area contributed by atoms with Gasteiger partial charge in [-0.3, -0.25) is 0 Å². The van der Waals surface area contributed by atoms with Crippen molar-refractivity contribution in [1.82, 2.24) is 0 Å². The number of benzene rings is 1. The minimum absolute atomic E-state index is 0.236. The van der Waals surface area contributed by atoms with Gasteiger partial charge in [0.1, 0.15) is 5.82 Å². The number of hydrogen-bond acceptors (Lipinski definition) is 1. The minimum Gasteiger partial charge on any atom is -0.207 e. The third-order valence-electron chi connectivity index (χ3n) is 2.09. The molecule has 0 spiro atoms. The Morgan fingerprint density at radius 2 is 2.13 bits per heavy atom. The number of hydrogen-bond donors (Lipinski definition) is 0. The van der Waals surface area contributed by atoms with E-state index >= 15 is 0 Å². The first-order chi connectivity index (χ1) is 7.04. The fourth-order valence-electron chi connectivity index (χ4n) is 1.34. The highest BCUT2D eigenvalue weighted by atomic mass is 19.1. The van der Waals surface area contributed by atoms with Gasteiger partial charge in [0.15, 0.2) is 0 Å². The first-order valence-electron chi connectivity index (χ1n) is 4.93. The number of halogens is 1. The molecule has 1 rings (SSSR count). The van der Waals surface area contributed by atoms with E-state index in [9.17, 15) is 4.39 Å². The molecule has 0 amide bonds. The molecule has 0 aromatic heterocycles. The lowest BCUT2D eigenvalue weighted by molar-refractivity contribution is 0.618. The van der Waals surface area contributed by atoms with Crippen molar-refractivity contribution < 1.29 is 4.39 Å². The van der Waals surface area contributed by atoms with Crippen LogP contribution in [0.3, 0.4) is 0 Å². The predicted octanol–water partition coefficient (Wildman–Crippen LogP) is 3.70. The summed E-state index contributed by atoms with van der Waals surface area (Å²) in [5, 5.41) is 8.98. The molecule has 1 aromatic carbocycles. The summed E-state index contributed by atoms with van der Waals surface area (Å²) in [7, 11) is 0. The van der Waals surface area contributed by atoms with E-state index in [1.54, 1.807) is 19.1 Å². The van der Waals surface area contributed by atoms with Crippen molar-refractivity contribution in [3.05, 3.63) is 41.2 Å². The van der Waals surface area contributed by atoms with Gasteiger partial charge in [-0.25, -0.2) is 4.39 Å². The maximum atomic E-state index is 13.0. The highest BCUT2D eigenvalue weighted by Gasteiger charge is 2.04. The van der Waals surface area contributed by atoms with E-state index in [2.05, 4.69) is 6.07 Å². The van der Waals surface area contributed by atoms with E-state index in [-0.39, 0.29) is 5.82 Å². The van der Waals surface area contributed by atoms with Gasteiger partial charge in [-0.05, 0) is 36.1 Å². The topological polar surface area (TPSA) is 23.8 Å². The number of aryl methyl sites for hydroxylation is 1. The van der Waals surface area contributed by atoms with Gasteiger partial charge in [-0.15, -0.1) is 0 Å². The molecule has 1 aromatic rings. The second-order valence-corrected chi connectivity index (χ2v) is 3.90. The van der Waals surface area contributed by atoms with Gasteiger partial charge in [-0.1, -0.05) is 26.0 Å². The molecule has 0 saturated carbocycles. The molecule has 0 unspecified atom stereocenters. The molecular formula is C13H14FN. The van der Waals surface area contributed by atoms with Crippen LogP contribution in [0.5, 0.6) is 0 Å². The molecule has 2 heteroatoms. The second-order valence-electron chi connectivity index (χ2n) is 3.90. The van der Waals surface area contributed by atoms with Crippen LogP contribution in [-0.4, -0.2) is 0 Å². The van der Waals surface area contributed by atoms with Crippen molar-refractivity contribution >= 4 is 5.57 Å². The van der Waals surface area contributed by atoms with Crippen LogP contribution in [0.4, 0.5) is 4.39 Å². The quantitative estimate of drug-likeness (QED) is 0.672. The van der Waals surface area contributed by atoms with Crippen LogP contribution in [0.25, 0.3) is 5.57 Å². The normalized spacial score (nSPS) is 11.6. The second kappa shape index (κ2) is 4.75. The standard InChI is InChI=1S/C13H14FN/c1-9(2)6-12(8-15)11-4-5-13(14)10(3)7-11/h4-7,9H,1-3H3/b12-6+. The van der Waals surface area contributed by atoms with Gasteiger partial charge in [0, 0.05) is 0 Å². The van der Waals surface area contributed by atoms with Gasteiger partial charge in [0.25, 0.3) is 0 Å². The van der Waals surface area contributed by atoms with Gasteiger partial charge >= 0.3 is 0 Å². The molecule has 1 nitrogen and oxygen atoms in total. The van der Waals surface area contributed by atoms with Crippen molar-refractivity contribution in [1.29, 1.82) is 5.26 Å². The van der Waals surface area contributed by atoms with Gasteiger partial charge in [-0.2, -0.15) is 5.26 Å². The van der Waals surface area contributed by atoms with E-state index in [1.807, 2.05) is 19.9 Å². The average Bonchev–Trinajstić information content (AvgIpc) is 2.18. The summed E-state index contributed by atoms with van der Waals surface area (Å²) in [4.78, 5) is 0. The number of allylic oxidation sites excluding steroid dienone is 2. The Balaban J connectivity index is 3.16. The van der Waals surface area contributed by atoms with E-state index in [4.69, 9.17) is 5.26 Å². The summed E-state index contributed by atoms with van der Waals surface area (Å²) in [6, 6.07) is 6.87. The maximum absolute atomic E-state index is 13.0. The van der Waals surface area contributed by atoms with E-state index < -0.39 is 0 Å². The molecule has 0 radical (unpaired) electrons. The van der Waals surface area contributed by atoms with Crippen LogP contribution >= 0.6 is 0 Å². The van der Waals surface area contributed by atoms with Gasteiger partial charge < -0.3 is 0 Å².